The Balaban J connectivity index is 1.71. The summed E-state index contributed by atoms with van der Waals surface area (Å²) in [7, 11) is 0. The molecule has 2 aromatic carbocycles. The number of benzene rings is 2. The van der Waals surface area contributed by atoms with E-state index in [1.165, 1.54) is 23.5 Å². The van der Waals surface area contributed by atoms with E-state index >= 15 is 0 Å². The van der Waals surface area contributed by atoms with E-state index in [4.69, 9.17) is 4.74 Å². The topological polar surface area (TPSA) is 127 Å². The number of amides is 1. The number of thiophene rings is 1. The average molecular weight is 543 g/mol. The Hall–Kier alpha value is -4.75. The van der Waals surface area contributed by atoms with Gasteiger partial charge in [-0.05, 0) is 51.0 Å². The number of carbonyl (C=O) groups excluding carboxylic acids is 2. The number of hydrogen-bond donors (Lipinski definition) is 1. The molecule has 1 amide bonds. The van der Waals surface area contributed by atoms with Crippen LogP contribution in [0.1, 0.15) is 44.5 Å². The molecule has 0 unspecified atom stereocenters. The molecule has 4 aromatic rings. The van der Waals surface area contributed by atoms with Gasteiger partial charge >= 0.3 is 5.97 Å². The fourth-order valence-corrected chi connectivity index (χ4v) is 5.42. The lowest BCUT2D eigenvalue weighted by atomic mass is 10.1. The molecule has 2 aromatic heterocycles. The molecular formula is C29H26N4O5S. The van der Waals surface area contributed by atoms with Crippen molar-refractivity contribution in [1.29, 1.82) is 5.26 Å². The summed E-state index contributed by atoms with van der Waals surface area (Å²) in [5.74, 6) is -1.15. The number of para-hydroxylation sites is 1. The first-order valence-corrected chi connectivity index (χ1v) is 13.0. The van der Waals surface area contributed by atoms with Crippen molar-refractivity contribution in [3.63, 3.8) is 0 Å². The number of nitro benzene ring substituents is 1. The minimum Gasteiger partial charge on any atom is -0.462 e. The van der Waals surface area contributed by atoms with Crippen LogP contribution in [0.2, 0.25) is 0 Å². The van der Waals surface area contributed by atoms with Crippen molar-refractivity contribution in [1.82, 2.24) is 4.57 Å². The van der Waals surface area contributed by atoms with Crippen LogP contribution in [0.3, 0.4) is 0 Å². The molecule has 0 fully saturated rings. The van der Waals surface area contributed by atoms with Crippen LogP contribution >= 0.6 is 11.3 Å². The van der Waals surface area contributed by atoms with E-state index in [0.29, 0.717) is 22.7 Å². The molecule has 0 bridgehead atoms. The molecule has 2 heterocycles. The third kappa shape index (κ3) is 5.44. The molecule has 9 nitrogen and oxygen atoms in total. The Morgan fingerprint density at radius 3 is 2.49 bits per heavy atom. The Kier molecular flexibility index (Phi) is 7.93. The zero-order chi connectivity index (χ0) is 28.3. The molecule has 0 aliphatic carbocycles. The Bertz CT molecular complexity index is 1670. The molecule has 198 valence electrons. The smallest absolute Gasteiger partial charge is 0.341 e. The van der Waals surface area contributed by atoms with E-state index in [0.717, 1.165) is 32.6 Å². The maximum absolute atomic E-state index is 13.2. The average Bonchev–Trinajstić information content (AvgIpc) is 3.34. The second-order valence-corrected chi connectivity index (χ2v) is 10.1. The highest BCUT2D eigenvalue weighted by Crippen LogP contribution is 2.34. The minimum absolute atomic E-state index is 0.0170. The first-order valence-electron chi connectivity index (χ1n) is 12.2. The highest BCUT2D eigenvalue weighted by molar-refractivity contribution is 7.16. The van der Waals surface area contributed by atoms with Gasteiger partial charge in [0.05, 0.1) is 17.1 Å². The normalized spacial score (nSPS) is 11.3. The third-order valence-electron chi connectivity index (χ3n) is 6.51. The molecule has 10 heteroatoms. The summed E-state index contributed by atoms with van der Waals surface area (Å²) in [5, 5.41) is 24.9. The van der Waals surface area contributed by atoms with Gasteiger partial charge in [-0.3, -0.25) is 14.9 Å². The number of ether oxygens (including phenoxy) is 1. The third-order valence-corrected chi connectivity index (χ3v) is 7.64. The molecule has 0 atom stereocenters. The van der Waals surface area contributed by atoms with Crippen molar-refractivity contribution in [2.75, 3.05) is 11.9 Å². The van der Waals surface area contributed by atoms with Gasteiger partial charge in [-0.2, -0.15) is 5.26 Å². The van der Waals surface area contributed by atoms with Crippen molar-refractivity contribution >= 4 is 50.9 Å². The van der Waals surface area contributed by atoms with Gasteiger partial charge in [-0.25, -0.2) is 4.79 Å². The first kappa shape index (κ1) is 27.3. The van der Waals surface area contributed by atoms with Crippen LogP contribution in [-0.4, -0.2) is 28.0 Å². The molecule has 0 radical (unpaired) electrons. The van der Waals surface area contributed by atoms with E-state index in [-0.39, 0.29) is 17.9 Å². The molecule has 0 aliphatic heterocycles. The molecule has 0 saturated heterocycles. The summed E-state index contributed by atoms with van der Waals surface area (Å²) in [6.45, 7) is 7.90. The number of nitriles is 1. The van der Waals surface area contributed by atoms with Gasteiger partial charge in [0.2, 0.25) is 0 Å². The number of non-ortho nitro benzene ring substituents is 1. The summed E-state index contributed by atoms with van der Waals surface area (Å²) < 4.78 is 7.20. The second kappa shape index (κ2) is 11.3. The lowest BCUT2D eigenvalue weighted by Crippen LogP contribution is -2.16. The molecule has 39 heavy (non-hydrogen) atoms. The number of esters is 1. The summed E-state index contributed by atoms with van der Waals surface area (Å²) >= 11 is 1.26. The number of carbonyl (C=O) groups is 2. The van der Waals surface area contributed by atoms with Gasteiger partial charge in [-0.1, -0.05) is 30.3 Å². The highest BCUT2D eigenvalue weighted by Gasteiger charge is 2.24. The van der Waals surface area contributed by atoms with Gasteiger partial charge < -0.3 is 14.6 Å². The van der Waals surface area contributed by atoms with Gasteiger partial charge in [0, 0.05) is 45.7 Å². The van der Waals surface area contributed by atoms with E-state index < -0.39 is 16.8 Å². The van der Waals surface area contributed by atoms with Crippen LogP contribution in [-0.2, 0) is 16.1 Å². The Morgan fingerprint density at radius 2 is 1.85 bits per heavy atom. The number of nitrogens with zero attached hydrogens (tertiary/aromatic N) is 3. The minimum atomic E-state index is -0.629. The molecule has 1 N–H and O–H groups in total. The van der Waals surface area contributed by atoms with E-state index in [1.54, 1.807) is 32.1 Å². The fraction of sp³-hybridized carbons (Fsp3) is 0.207. The summed E-state index contributed by atoms with van der Waals surface area (Å²) in [6.07, 6.45) is 1.55. The second-order valence-electron chi connectivity index (χ2n) is 8.86. The summed E-state index contributed by atoms with van der Waals surface area (Å²) in [6, 6.07) is 16.0. The lowest BCUT2D eigenvalue weighted by molar-refractivity contribution is -0.384. The van der Waals surface area contributed by atoms with Gasteiger partial charge in [0.15, 0.2) is 0 Å². The summed E-state index contributed by atoms with van der Waals surface area (Å²) in [5.41, 5.74) is 4.22. The number of anilines is 1. The van der Waals surface area contributed by atoms with Crippen LogP contribution < -0.4 is 5.32 Å². The number of nitrogens with one attached hydrogen (secondary N) is 1. The Morgan fingerprint density at radius 1 is 1.15 bits per heavy atom. The van der Waals surface area contributed by atoms with Crippen molar-refractivity contribution < 1.29 is 19.2 Å². The van der Waals surface area contributed by atoms with Crippen LogP contribution in [0.15, 0.2) is 54.1 Å². The maximum atomic E-state index is 13.2. The van der Waals surface area contributed by atoms with E-state index in [1.807, 2.05) is 48.7 Å². The molecular weight excluding hydrogens is 516 g/mol. The zero-order valence-electron chi connectivity index (χ0n) is 21.9. The number of rotatable bonds is 8. The number of aryl methyl sites for hydroxylation is 1. The number of hydrogen-bond acceptors (Lipinski definition) is 7. The lowest BCUT2D eigenvalue weighted by Gasteiger charge is -2.09. The molecule has 0 saturated carbocycles. The first-order chi connectivity index (χ1) is 18.7. The van der Waals surface area contributed by atoms with Crippen molar-refractivity contribution in [2.24, 2.45) is 0 Å². The Labute approximate surface area is 229 Å². The zero-order valence-corrected chi connectivity index (χ0v) is 22.7. The van der Waals surface area contributed by atoms with Crippen LogP contribution in [0.25, 0.3) is 17.0 Å². The molecule has 0 spiro atoms. The van der Waals surface area contributed by atoms with E-state index in [9.17, 15) is 25.0 Å². The molecule has 4 rings (SSSR count). The van der Waals surface area contributed by atoms with Crippen molar-refractivity contribution in [3.05, 3.63) is 97.0 Å². The molecule has 0 aliphatic rings. The fourth-order valence-electron chi connectivity index (χ4n) is 4.38. The SMILES string of the molecule is CCOC(=O)c1c(NC(=O)/C(C#N)=C/c2c(C)n(Cc3ccc([N+](=O)[O-])cc3)c3ccccc23)sc(C)c1C. The standard InChI is InChI=1S/C29H26N4O5S/c1-5-38-29(35)26-17(2)19(4)39-28(26)31-27(34)21(15-30)14-24-18(3)32(25-9-7-6-8-23(24)25)16-20-10-12-22(13-11-20)33(36)37/h6-14H,5,16H2,1-4H3,(H,31,34)/b21-14+. The maximum Gasteiger partial charge on any atom is 0.341 e. The van der Waals surface area contributed by atoms with Gasteiger partial charge in [0.1, 0.15) is 16.6 Å². The van der Waals surface area contributed by atoms with Crippen LogP contribution in [0.4, 0.5) is 10.7 Å². The summed E-state index contributed by atoms with van der Waals surface area (Å²) in [4.78, 5) is 37.2. The quantitative estimate of drug-likeness (QED) is 0.0914. The number of aromatic nitrogens is 1. The predicted octanol–water partition coefficient (Wildman–Crippen LogP) is 6.31. The number of nitro groups is 1. The van der Waals surface area contributed by atoms with Gasteiger partial charge in [0.25, 0.3) is 11.6 Å². The van der Waals surface area contributed by atoms with Crippen LogP contribution in [0, 0.1) is 42.2 Å². The monoisotopic (exact) mass is 542 g/mol. The van der Waals surface area contributed by atoms with Crippen molar-refractivity contribution in [2.45, 2.75) is 34.2 Å². The van der Waals surface area contributed by atoms with Crippen LogP contribution in [0.5, 0.6) is 0 Å². The predicted molar refractivity (Wildman–Crippen MR) is 151 cm³/mol. The largest absolute Gasteiger partial charge is 0.462 e. The van der Waals surface area contributed by atoms with Gasteiger partial charge in [-0.15, -0.1) is 11.3 Å². The van der Waals surface area contributed by atoms with E-state index in [2.05, 4.69) is 5.32 Å². The number of fused-ring (bicyclic) bond motifs is 1. The highest BCUT2D eigenvalue weighted by atomic mass is 32.1. The van der Waals surface area contributed by atoms with Crippen molar-refractivity contribution in [3.8, 4) is 6.07 Å².